The molecule has 0 bridgehead atoms. The SMILES string of the molecule is CC(C)(C)c1ccnc(-n2c3[c-]c(Oc4[c-]c5c(cc4)nc4n5c5nc6ccccc6n5c5nc6ccccc6n45)ccc3c3ccccc32)c1.[Pt+2]. The maximum absolute atomic E-state index is 6.56. The molecule has 6 heterocycles. The van der Waals surface area contributed by atoms with Gasteiger partial charge in [0, 0.05) is 23.2 Å². The molecule has 52 heavy (non-hydrogen) atoms. The van der Waals surface area contributed by atoms with Crippen LogP contribution in [0.25, 0.3) is 78.1 Å². The smallest absolute Gasteiger partial charge is 0.509 e. The molecule has 11 aromatic rings. The molecule has 9 nitrogen and oxygen atoms in total. The number of fused-ring (bicyclic) bond motifs is 15. The molecule has 0 unspecified atom stereocenters. The molecule has 0 fully saturated rings. The van der Waals surface area contributed by atoms with E-state index in [1.54, 1.807) is 0 Å². The van der Waals surface area contributed by atoms with Crippen molar-refractivity contribution >= 4 is 72.2 Å². The number of rotatable bonds is 3. The first-order chi connectivity index (χ1) is 24.9. The molecule has 0 N–H and O–H groups in total. The van der Waals surface area contributed by atoms with Gasteiger partial charge in [-0.15, -0.1) is 35.7 Å². The van der Waals surface area contributed by atoms with Crippen molar-refractivity contribution in [2.24, 2.45) is 0 Å². The molecule has 0 amide bonds. The molecule has 0 atom stereocenters. The summed E-state index contributed by atoms with van der Waals surface area (Å²) in [6.07, 6.45) is 1.89. The van der Waals surface area contributed by atoms with Crippen LogP contribution in [-0.4, -0.2) is 37.7 Å². The van der Waals surface area contributed by atoms with Crippen LogP contribution in [0.2, 0.25) is 0 Å². The first-order valence-electron chi connectivity index (χ1n) is 16.9. The minimum Gasteiger partial charge on any atom is -0.509 e. The van der Waals surface area contributed by atoms with Crippen LogP contribution < -0.4 is 4.74 Å². The van der Waals surface area contributed by atoms with Gasteiger partial charge >= 0.3 is 21.1 Å². The zero-order valence-electron chi connectivity index (χ0n) is 28.3. The van der Waals surface area contributed by atoms with Crippen LogP contribution in [0.3, 0.4) is 0 Å². The summed E-state index contributed by atoms with van der Waals surface area (Å²) >= 11 is 0. The van der Waals surface area contributed by atoms with Crippen molar-refractivity contribution in [2.75, 3.05) is 0 Å². The monoisotopic (exact) mass is 855 g/mol. The molecule has 6 aromatic heterocycles. The Hall–Kier alpha value is -6.05. The summed E-state index contributed by atoms with van der Waals surface area (Å²) < 4.78 is 15.0. The first kappa shape index (κ1) is 30.7. The molecule has 252 valence electrons. The van der Waals surface area contributed by atoms with Crippen molar-refractivity contribution < 1.29 is 25.8 Å². The Morgan fingerprint density at radius 2 is 1.13 bits per heavy atom. The Balaban J connectivity index is 0.00000338. The van der Waals surface area contributed by atoms with E-state index < -0.39 is 0 Å². The Bertz CT molecular complexity index is 3190. The van der Waals surface area contributed by atoms with Gasteiger partial charge in [-0.05, 0) is 69.9 Å². The second kappa shape index (κ2) is 11.0. The number of para-hydroxylation sites is 5. The third kappa shape index (κ3) is 4.32. The van der Waals surface area contributed by atoms with Gasteiger partial charge in [0.1, 0.15) is 5.82 Å². The molecule has 0 radical (unpaired) electrons. The number of aromatic nitrogens is 8. The zero-order chi connectivity index (χ0) is 34.0. The van der Waals surface area contributed by atoms with Gasteiger partial charge in [0.2, 0.25) is 17.3 Å². The van der Waals surface area contributed by atoms with E-state index in [4.69, 9.17) is 24.7 Å². The van der Waals surface area contributed by atoms with Gasteiger partial charge in [0.05, 0.1) is 22.1 Å². The van der Waals surface area contributed by atoms with E-state index in [0.29, 0.717) is 23.1 Å². The van der Waals surface area contributed by atoms with Crippen molar-refractivity contribution in [1.29, 1.82) is 0 Å². The maximum atomic E-state index is 6.56. The van der Waals surface area contributed by atoms with Crippen molar-refractivity contribution in [3.63, 3.8) is 0 Å². The summed E-state index contributed by atoms with van der Waals surface area (Å²) in [6.45, 7) is 6.65. The second-order valence-electron chi connectivity index (χ2n) is 14.0. The van der Waals surface area contributed by atoms with Crippen molar-refractivity contribution in [3.05, 3.63) is 133 Å². The minimum atomic E-state index is -0.0216. The van der Waals surface area contributed by atoms with Crippen LogP contribution in [0.4, 0.5) is 0 Å². The Morgan fingerprint density at radius 1 is 0.558 bits per heavy atom. The zero-order valence-corrected chi connectivity index (χ0v) is 30.5. The molecular formula is C42H28N8OPt. The fourth-order valence-electron chi connectivity index (χ4n) is 7.39. The van der Waals surface area contributed by atoms with E-state index in [2.05, 4.69) is 101 Å². The number of benzene rings is 5. The van der Waals surface area contributed by atoms with E-state index in [1.807, 2.05) is 65.2 Å². The number of nitrogens with zero attached hydrogens (tertiary/aromatic N) is 8. The Labute approximate surface area is 311 Å². The molecule has 0 aliphatic carbocycles. The van der Waals surface area contributed by atoms with Gasteiger partial charge in [-0.2, -0.15) is 6.07 Å². The average molecular weight is 856 g/mol. The van der Waals surface area contributed by atoms with Crippen molar-refractivity contribution in [1.82, 2.24) is 37.7 Å². The normalized spacial score (nSPS) is 12.4. The summed E-state index contributed by atoms with van der Waals surface area (Å²) in [7, 11) is 0. The topological polar surface area (TPSA) is 78.9 Å². The summed E-state index contributed by atoms with van der Waals surface area (Å²) in [6, 6.07) is 43.9. The van der Waals surface area contributed by atoms with Crippen LogP contribution in [0, 0.1) is 12.1 Å². The van der Waals surface area contributed by atoms with E-state index in [9.17, 15) is 0 Å². The number of pyridine rings is 1. The van der Waals surface area contributed by atoms with Crippen LogP contribution in [0.15, 0.2) is 115 Å². The third-order valence-electron chi connectivity index (χ3n) is 9.82. The van der Waals surface area contributed by atoms with Crippen molar-refractivity contribution in [2.45, 2.75) is 26.2 Å². The molecule has 5 aromatic carbocycles. The maximum Gasteiger partial charge on any atom is 2.00 e. The van der Waals surface area contributed by atoms with E-state index in [1.165, 1.54) is 5.56 Å². The molecule has 0 aliphatic heterocycles. The standard InChI is InChI=1S/C42H28N8O.Pt/c1-42(2,3)25-20-21-43-38(22-25)47-33-13-7-4-10-28(33)29-18-16-26(23-36(29)47)51-27-17-19-32-37(24-27)50-40-45-31-12-6-9-15-35(31)48(40)39-44-30-11-5-8-14-34(30)49(39)41(50)46-32;/h4-22H,1-3H3;/q-2;+2. The quantitative estimate of drug-likeness (QED) is 0.166. The number of hydrogen-bond donors (Lipinski definition) is 0. The van der Waals surface area contributed by atoms with Gasteiger partial charge in [0.15, 0.2) is 0 Å². The molecule has 0 spiro atoms. The molecule has 10 heteroatoms. The van der Waals surface area contributed by atoms with E-state index >= 15 is 0 Å². The number of hydrogen-bond acceptors (Lipinski definition) is 5. The minimum absolute atomic E-state index is 0. The van der Waals surface area contributed by atoms with Crippen molar-refractivity contribution in [3.8, 4) is 17.3 Å². The summed E-state index contributed by atoms with van der Waals surface area (Å²) in [5.74, 6) is 4.11. The first-order valence-corrected chi connectivity index (χ1v) is 16.9. The number of imidazole rings is 3. The van der Waals surface area contributed by atoms with Gasteiger partial charge in [-0.25, -0.2) is 23.8 Å². The third-order valence-corrected chi connectivity index (χ3v) is 9.82. The largest absolute Gasteiger partial charge is 2.00 e. The Kier molecular flexibility index (Phi) is 6.49. The molecule has 0 aliphatic rings. The molecule has 0 saturated carbocycles. The van der Waals surface area contributed by atoms with Crippen LogP contribution in [0.1, 0.15) is 26.3 Å². The summed E-state index contributed by atoms with van der Waals surface area (Å²) in [5.41, 5.74) is 8.34. The number of ether oxygens (including phenoxy) is 1. The van der Waals surface area contributed by atoms with Crippen LogP contribution in [0.5, 0.6) is 11.5 Å². The molecule has 0 saturated heterocycles. The molecule has 11 rings (SSSR count). The predicted molar refractivity (Wildman–Crippen MR) is 200 cm³/mol. The Morgan fingerprint density at radius 3 is 1.83 bits per heavy atom. The second-order valence-corrected chi connectivity index (χ2v) is 14.0. The van der Waals surface area contributed by atoms with Gasteiger partial charge in [-0.1, -0.05) is 68.8 Å². The van der Waals surface area contributed by atoms with Crippen LogP contribution >= 0.6 is 0 Å². The van der Waals surface area contributed by atoms with Gasteiger partial charge in [-0.3, -0.25) is 9.38 Å². The predicted octanol–water partition coefficient (Wildman–Crippen LogP) is 9.27. The van der Waals surface area contributed by atoms with Gasteiger partial charge in [0.25, 0.3) is 0 Å². The van der Waals surface area contributed by atoms with E-state index in [0.717, 1.165) is 66.5 Å². The average Bonchev–Trinajstić information content (AvgIpc) is 3.89. The van der Waals surface area contributed by atoms with Crippen LogP contribution in [-0.2, 0) is 26.5 Å². The fourth-order valence-corrected chi connectivity index (χ4v) is 7.39. The summed E-state index contributed by atoms with van der Waals surface area (Å²) in [4.78, 5) is 20.0. The fraction of sp³-hybridized carbons (Fsp3) is 0.0952. The van der Waals surface area contributed by atoms with E-state index in [-0.39, 0.29) is 26.5 Å². The summed E-state index contributed by atoms with van der Waals surface area (Å²) in [5, 5.41) is 2.21. The van der Waals surface area contributed by atoms with Gasteiger partial charge < -0.3 is 9.30 Å². The molecular weight excluding hydrogens is 828 g/mol.